The number of nitrogens with zero attached hydrogens (tertiary/aromatic N) is 2. The maximum Gasteiger partial charge on any atom is 0.295 e. The van der Waals surface area contributed by atoms with Crippen molar-refractivity contribution in [1.82, 2.24) is 9.88 Å². The van der Waals surface area contributed by atoms with Gasteiger partial charge in [0.05, 0.1) is 18.7 Å². The van der Waals surface area contributed by atoms with E-state index in [1.54, 1.807) is 48.8 Å². The van der Waals surface area contributed by atoms with Gasteiger partial charge in [0.1, 0.15) is 11.5 Å². The largest absolute Gasteiger partial charge is 0.507 e. The zero-order chi connectivity index (χ0) is 22.8. The molecule has 1 unspecified atom stereocenters. The van der Waals surface area contributed by atoms with Crippen molar-refractivity contribution in [2.75, 3.05) is 7.11 Å². The number of hydrogen-bond acceptors (Lipinski definition) is 5. The van der Waals surface area contributed by atoms with Crippen LogP contribution in [0.1, 0.15) is 33.9 Å². The number of methoxy groups -OCH3 is 1. The van der Waals surface area contributed by atoms with Gasteiger partial charge in [0, 0.05) is 24.5 Å². The third-order valence-corrected chi connectivity index (χ3v) is 5.75. The number of aliphatic hydroxyl groups excluding tert-OH is 1. The molecule has 2 heterocycles. The summed E-state index contributed by atoms with van der Waals surface area (Å²) in [5.41, 5.74) is 4.21. The Morgan fingerprint density at radius 1 is 1.06 bits per heavy atom. The van der Waals surface area contributed by atoms with Crippen LogP contribution in [0.3, 0.4) is 0 Å². The van der Waals surface area contributed by atoms with Crippen LogP contribution >= 0.6 is 0 Å². The first-order valence-corrected chi connectivity index (χ1v) is 10.3. The topological polar surface area (TPSA) is 79.7 Å². The van der Waals surface area contributed by atoms with Crippen LogP contribution in [-0.2, 0) is 16.1 Å². The van der Waals surface area contributed by atoms with E-state index >= 15 is 0 Å². The molecular weight excluding hydrogens is 404 g/mol. The molecule has 1 aliphatic rings. The molecule has 0 bridgehead atoms. The number of likely N-dealkylation sites (tertiary alicyclic amines) is 1. The Morgan fingerprint density at radius 3 is 2.53 bits per heavy atom. The number of hydrogen-bond donors (Lipinski definition) is 1. The molecule has 0 radical (unpaired) electrons. The number of ether oxygens (including phenoxy) is 1. The number of carbonyl (C=O) groups is 2. The monoisotopic (exact) mass is 428 g/mol. The maximum absolute atomic E-state index is 13.2. The summed E-state index contributed by atoms with van der Waals surface area (Å²) in [5.74, 6) is -1.04. The van der Waals surface area contributed by atoms with Gasteiger partial charge in [-0.05, 0) is 54.8 Å². The summed E-state index contributed by atoms with van der Waals surface area (Å²) in [6.45, 7) is 4.21. The van der Waals surface area contributed by atoms with Crippen LogP contribution in [0.5, 0.6) is 5.75 Å². The first-order chi connectivity index (χ1) is 15.4. The highest BCUT2D eigenvalue weighted by molar-refractivity contribution is 6.46. The molecular formula is C26H24N2O4. The van der Waals surface area contributed by atoms with Gasteiger partial charge < -0.3 is 14.7 Å². The van der Waals surface area contributed by atoms with Gasteiger partial charge in [-0.15, -0.1) is 0 Å². The van der Waals surface area contributed by atoms with Crippen molar-refractivity contribution in [2.45, 2.75) is 26.4 Å². The molecule has 1 amide bonds. The molecule has 6 nitrogen and oxygen atoms in total. The third kappa shape index (κ3) is 3.87. The first kappa shape index (κ1) is 21.3. The van der Waals surface area contributed by atoms with E-state index in [0.29, 0.717) is 16.9 Å². The Morgan fingerprint density at radius 2 is 1.81 bits per heavy atom. The van der Waals surface area contributed by atoms with E-state index in [4.69, 9.17) is 4.74 Å². The van der Waals surface area contributed by atoms with Crippen LogP contribution in [0.4, 0.5) is 0 Å². The first-order valence-electron chi connectivity index (χ1n) is 10.3. The minimum Gasteiger partial charge on any atom is -0.507 e. The Bertz CT molecular complexity index is 1220. The molecule has 4 rings (SSSR count). The van der Waals surface area contributed by atoms with E-state index in [1.807, 2.05) is 32.0 Å². The Hall–Kier alpha value is -3.93. The second kappa shape index (κ2) is 8.67. The Kier molecular flexibility index (Phi) is 5.77. The number of aryl methyl sites for hydroxylation is 2. The Balaban J connectivity index is 1.87. The molecule has 2 aromatic carbocycles. The summed E-state index contributed by atoms with van der Waals surface area (Å²) < 4.78 is 5.25. The van der Waals surface area contributed by atoms with Crippen molar-refractivity contribution >= 4 is 17.4 Å². The van der Waals surface area contributed by atoms with Crippen LogP contribution in [0.15, 0.2) is 72.6 Å². The van der Waals surface area contributed by atoms with Gasteiger partial charge in [-0.3, -0.25) is 14.6 Å². The molecule has 0 spiro atoms. The van der Waals surface area contributed by atoms with Crippen molar-refractivity contribution in [1.29, 1.82) is 0 Å². The van der Waals surface area contributed by atoms with Crippen molar-refractivity contribution in [3.63, 3.8) is 0 Å². The molecule has 1 aliphatic heterocycles. The summed E-state index contributed by atoms with van der Waals surface area (Å²) in [6, 6.07) is 15.6. The number of ketones is 1. The average Bonchev–Trinajstić information content (AvgIpc) is 3.06. The van der Waals surface area contributed by atoms with E-state index in [-0.39, 0.29) is 17.9 Å². The fraction of sp³-hybridized carbons (Fsp3) is 0.192. The van der Waals surface area contributed by atoms with Gasteiger partial charge in [-0.2, -0.15) is 0 Å². The quantitative estimate of drug-likeness (QED) is 0.372. The summed E-state index contributed by atoms with van der Waals surface area (Å²) in [5, 5.41) is 11.2. The number of carbonyl (C=O) groups excluding carboxylic acids is 2. The van der Waals surface area contributed by atoms with Crippen molar-refractivity contribution in [3.05, 3.63) is 100 Å². The second-order valence-electron chi connectivity index (χ2n) is 7.87. The number of amides is 1. The minimum absolute atomic E-state index is 0.0553. The second-order valence-corrected chi connectivity index (χ2v) is 7.87. The van der Waals surface area contributed by atoms with Crippen LogP contribution in [0, 0.1) is 13.8 Å². The SMILES string of the molecule is COc1cccc(/C(O)=C2\C(=O)C(=O)N(Cc3cc(C)ccc3C)C2c2ccncc2)c1. The molecule has 1 atom stereocenters. The zero-order valence-corrected chi connectivity index (χ0v) is 18.2. The molecule has 0 aliphatic carbocycles. The standard InChI is InChI=1S/C26H24N2O4/c1-16-7-8-17(2)20(13-16)15-28-23(18-9-11-27-12-10-18)22(25(30)26(28)31)24(29)19-5-4-6-21(14-19)32-3/h4-14,23,29H,15H2,1-3H3/b24-22+. The number of benzene rings is 2. The average molecular weight is 428 g/mol. The van der Waals surface area contributed by atoms with E-state index in [9.17, 15) is 14.7 Å². The molecule has 1 fully saturated rings. The minimum atomic E-state index is -0.732. The van der Waals surface area contributed by atoms with Crippen LogP contribution in [0.25, 0.3) is 5.76 Å². The number of Topliss-reactive ketones (excluding diaryl/α,β-unsaturated/α-hetero) is 1. The summed E-state index contributed by atoms with van der Waals surface area (Å²) in [7, 11) is 1.53. The smallest absolute Gasteiger partial charge is 0.295 e. The number of pyridine rings is 1. The van der Waals surface area contributed by atoms with E-state index in [2.05, 4.69) is 4.98 Å². The third-order valence-electron chi connectivity index (χ3n) is 5.75. The molecule has 0 saturated carbocycles. The van der Waals surface area contributed by atoms with Crippen molar-refractivity contribution in [3.8, 4) is 5.75 Å². The van der Waals surface area contributed by atoms with Gasteiger partial charge >= 0.3 is 0 Å². The van der Waals surface area contributed by atoms with Gasteiger partial charge in [0.2, 0.25) is 0 Å². The summed E-state index contributed by atoms with van der Waals surface area (Å²) in [6.07, 6.45) is 3.22. The van der Waals surface area contributed by atoms with Crippen molar-refractivity contribution < 1.29 is 19.4 Å². The van der Waals surface area contributed by atoms with Gasteiger partial charge in [-0.1, -0.05) is 35.9 Å². The molecule has 162 valence electrons. The van der Waals surface area contributed by atoms with E-state index < -0.39 is 17.7 Å². The highest BCUT2D eigenvalue weighted by atomic mass is 16.5. The normalized spacial score (nSPS) is 17.6. The lowest BCUT2D eigenvalue weighted by Crippen LogP contribution is -2.29. The van der Waals surface area contributed by atoms with Gasteiger partial charge in [-0.25, -0.2) is 0 Å². The lowest BCUT2D eigenvalue weighted by Gasteiger charge is -2.26. The molecule has 32 heavy (non-hydrogen) atoms. The lowest BCUT2D eigenvalue weighted by molar-refractivity contribution is -0.140. The predicted molar refractivity (Wildman–Crippen MR) is 121 cm³/mol. The summed E-state index contributed by atoms with van der Waals surface area (Å²) in [4.78, 5) is 31.9. The van der Waals surface area contributed by atoms with E-state index in [0.717, 1.165) is 16.7 Å². The highest BCUT2D eigenvalue weighted by Gasteiger charge is 2.46. The number of aliphatic hydroxyl groups is 1. The predicted octanol–water partition coefficient (Wildman–Crippen LogP) is 4.33. The lowest BCUT2D eigenvalue weighted by atomic mass is 9.95. The van der Waals surface area contributed by atoms with Crippen LogP contribution in [0.2, 0.25) is 0 Å². The molecule has 3 aromatic rings. The molecule has 6 heteroatoms. The molecule has 1 aromatic heterocycles. The number of rotatable bonds is 5. The number of aromatic nitrogens is 1. The molecule has 1 saturated heterocycles. The molecule has 1 N–H and O–H groups in total. The van der Waals surface area contributed by atoms with Crippen LogP contribution < -0.4 is 4.74 Å². The maximum atomic E-state index is 13.2. The van der Waals surface area contributed by atoms with Gasteiger partial charge in [0.15, 0.2) is 0 Å². The van der Waals surface area contributed by atoms with E-state index in [1.165, 1.54) is 12.0 Å². The zero-order valence-electron chi connectivity index (χ0n) is 18.2. The fourth-order valence-electron chi connectivity index (χ4n) is 4.02. The van der Waals surface area contributed by atoms with Crippen molar-refractivity contribution in [2.24, 2.45) is 0 Å². The Labute approximate surface area is 186 Å². The fourth-order valence-corrected chi connectivity index (χ4v) is 4.02. The van der Waals surface area contributed by atoms with Gasteiger partial charge in [0.25, 0.3) is 11.7 Å². The highest BCUT2D eigenvalue weighted by Crippen LogP contribution is 2.40. The van der Waals surface area contributed by atoms with Crippen LogP contribution in [-0.4, -0.2) is 33.8 Å². The summed E-state index contributed by atoms with van der Waals surface area (Å²) >= 11 is 0.